The van der Waals surface area contributed by atoms with Crippen molar-refractivity contribution in [3.63, 3.8) is 0 Å². The highest BCUT2D eigenvalue weighted by molar-refractivity contribution is 5.69. The Hall–Kier alpha value is -1.15. The number of hydrogen-bond donors (Lipinski definition) is 1. The van der Waals surface area contributed by atoms with Gasteiger partial charge in [0.2, 0.25) is 0 Å². The highest BCUT2D eigenvalue weighted by Crippen LogP contribution is 2.59. The van der Waals surface area contributed by atoms with Gasteiger partial charge in [0.15, 0.2) is 0 Å². The molecule has 0 bridgehead atoms. The summed E-state index contributed by atoms with van der Waals surface area (Å²) in [6.07, 6.45) is 6.19. The molecule has 4 fully saturated rings. The van der Waals surface area contributed by atoms with Gasteiger partial charge < -0.3 is 29.1 Å². The maximum atomic E-state index is 12.7. The summed E-state index contributed by atoms with van der Waals surface area (Å²) in [5.41, 5.74) is 0.242. The first kappa shape index (κ1) is 24.0. The number of rotatable bonds is 9. The van der Waals surface area contributed by atoms with E-state index in [2.05, 4.69) is 45.6 Å². The lowest BCUT2D eigenvalue weighted by atomic mass is 9.70. The number of likely N-dealkylation sites (tertiary alicyclic amines) is 1. The third-order valence-electron chi connectivity index (χ3n) is 8.23. The van der Waals surface area contributed by atoms with Gasteiger partial charge >= 0.3 is 6.09 Å². The lowest BCUT2D eigenvalue weighted by Gasteiger charge is -2.47. The predicted octanol–water partition coefficient (Wildman–Crippen LogP) is 3.35. The SMILES string of the molecule is CCN(CC)CCC1(O)CN(C(=O)OC2CCC3(CO3)C([C@@]3(C)O[C@@H]3CC=C(C)C)C2)C1. The smallest absolute Gasteiger partial charge is 0.410 e. The van der Waals surface area contributed by atoms with Crippen molar-refractivity contribution in [3.05, 3.63) is 11.6 Å². The Bertz CT molecular complexity index is 722. The van der Waals surface area contributed by atoms with Gasteiger partial charge in [-0.3, -0.25) is 0 Å². The zero-order chi connectivity index (χ0) is 23.1. The van der Waals surface area contributed by atoms with Gasteiger partial charge in [-0.05, 0) is 66.0 Å². The standard InChI is InChI=1S/C25H42N2O5/c1-6-26(7-2)13-12-24(29)15-27(16-24)22(28)31-19-10-11-25(17-30-25)20(14-19)23(5)21(32-23)9-8-18(3)4/h8,19-21,29H,6-7,9-17H2,1-5H3/t19?,20?,21-,23-,25?/m1/s1. The van der Waals surface area contributed by atoms with Gasteiger partial charge in [0.25, 0.3) is 0 Å². The van der Waals surface area contributed by atoms with Crippen LogP contribution in [-0.2, 0) is 14.2 Å². The van der Waals surface area contributed by atoms with Crippen LogP contribution < -0.4 is 0 Å². The van der Waals surface area contributed by atoms with Gasteiger partial charge in [0.1, 0.15) is 11.7 Å². The number of amides is 1. The molecule has 0 radical (unpaired) electrons. The maximum Gasteiger partial charge on any atom is 0.410 e. The fourth-order valence-corrected chi connectivity index (χ4v) is 5.76. The van der Waals surface area contributed by atoms with Crippen molar-refractivity contribution in [1.82, 2.24) is 9.80 Å². The van der Waals surface area contributed by atoms with E-state index in [4.69, 9.17) is 14.2 Å². The van der Waals surface area contributed by atoms with Gasteiger partial charge in [-0.25, -0.2) is 4.79 Å². The molecule has 5 atom stereocenters. The van der Waals surface area contributed by atoms with E-state index in [0.29, 0.717) is 19.5 Å². The maximum absolute atomic E-state index is 12.7. The lowest BCUT2D eigenvalue weighted by Crippen LogP contribution is -2.64. The van der Waals surface area contributed by atoms with Crippen molar-refractivity contribution in [2.24, 2.45) is 5.92 Å². The summed E-state index contributed by atoms with van der Waals surface area (Å²) >= 11 is 0. The van der Waals surface area contributed by atoms with E-state index in [0.717, 1.165) is 51.9 Å². The van der Waals surface area contributed by atoms with Crippen LogP contribution in [-0.4, -0.2) is 89.3 Å². The van der Waals surface area contributed by atoms with E-state index in [9.17, 15) is 9.90 Å². The van der Waals surface area contributed by atoms with Crippen LogP contribution in [0.25, 0.3) is 0 Å². The van der Waals surface area contributed by atoms with E-state index in [1.165, 1.54) is 5.57 Å². The van der Waals surface area contributed by atoms with Crippen LogP contribution in [0.5, 0.6) is 0 Å². The number of ether oxygens (including phenoxy) is 3. The Morgan fingerprint density at radius 3 is 2.56 bits per heavy atom. The Balaban J connectivity index is 1.27. The molecule has 0 aromatic heterocycles. The van der Waals surface area contributed by atoms with Crippen molar-refractivity contribution in [2.75, 3.05) is 39.3 Å². The number of carbonyl (C=O) groups excluding carboxylic acids is 1. The second-order valence-electron chi connectivity index (χ2n) is 10.9. The first-order valence-corrected chi connectivity index (χ1v) is 12.5. The molecule has 3 saturated heterocycles. The molecular weight excluding hydrogens is 408 g/mol. The summed E-state index contributed by atoms with van der Waals surface area (Å²) in [6.45, 7) is 15.0. The third kappa shape index (κ3) is 4.86. The first-order valence-electron chi connectivity index (χ1n) is 12.5. The van der Waals surface area contributed by atoms with E-state index >= 15 is 0 Å². The van der Waals surface area contributed by atoms with Crippen LogP contribution in [0.1, 0.15) is 66.7 Å². The zero-order valence-electron chi connectivity index (χ0n) is 20.6. The summed E-state index contributed by atoms with van der Waals surface area (Å²) in [4.78, 5) is 16.7. The topological polar surface area (TPSA) is 78.1 Å². The third-order valence-corrected chi connectivity index (χ3v) is 8.23. The fourth-order valence-electron chi connectivity index (χ4n) is 5.76. The molecule has 0 aromatic rings. The van der Waals surface area contributed by atoms with Gasteiger partial charge in [-0.2, -0.15) is 0 Å². The molecule has 3 aliphatic heterocycles. The normalized spacial score (nSPS) is 37.2. The van der Waals surface area contributed by atoms with Crippen LogP contribution >= 0.6 is 0 Å². The van der Waals surface area contributed by atoms with Crippen LogP contribution in [0.15, 0.2) is 11.6 Å². The summed E-state index contributed by atoms with van der Waals surface area (Å²) in [5, 5.41) is 10.7. The number of nitrogens with zero attached hydrogens (tertiary/aromatic N) is 2. The molecule has 7 heteroatoms. The molecule has 3 heterocycles. The number of epoxide rings is 2. The number of carbonyl (C=O) groups is 1. The van der Waals surface area contributed by atoms with E-state index in [1.54, 1.807) is 4.90 Å². The minimum Gasteiger partial charge on any atom is -0.446 e. The lowest BCUT2D eigenvalue weighted by molar-refractivity contribution is -0.104. The molecule has 1 saturated carbocycles. The molecule has 4 aliphatic rings. The number of hydrogen-bond acceptors (Lipinski definition) is 6. The summed E-state index contributed by atoms with van der Waals surface area (Å²) in [6, 6.07) is 0. The Morgan fingerprint density at radius 1 is 1.28 bits per heavy atom. The van der Waals surface area contributed by atoms with Crippen molar-refractivity contribution in [1.29, 1.82) is 0 Å². The van der Waals surface area contributed by atoms with Crippen molar-refractivity contribution < 1.29 is 24.1 Å². The zero-order valence-corrected chi connectivity index (χ0v) is 20.6. The quantitative estimate of drug-likeness (QED) is 0.429. The molecule has 32 heavy (non-hydrogen) atoms. The molecule has 7 nitrogen and oxygen atoms in total. The predicted molar refractivity (Wildman–Crippen MR) is 123 cm³/mol. The molecule has 0 aromatic carbocycles. The molecule has 1 N–H and O–H groups in total. The Kier molecular flexibility index (Phi) is 6.67. The fraction of sp³-hybridized carbons (Fsp3) is 0.880. The molecule has 182 valence electrons. The van der Waals surface area contributed by atoms with Crippen LogP contribution in [0.3, 0.4) is 0 Å². The number of β-amino-alcohol motifs (C(OH)–C–C–N with tert-alkyl or cyclic N) is 1. The van der Waals surface area contributed by atoms with Crippen LogP contribution in [0.2, 0.25) is 0 Å². The van der Waals surface area contributed by atoms with Gasteiger partial charge in [0, 0.05) is 12.5 Å². The second-order valence-corrected chi connectivity index (χ2v) is 10.9. The van der Waals surface area contributed by atoms with Crippen LogP contribution in [0.4, 0.5) is 4.79 Å². The van der Waals surface area contributed by atoms with Crippen molar-refractivity contribution >= 4 is 6.09 Å². The van der Waals surface area contributed by atoms with E-state index in [1.807, 2.05) is 0 Å². The molecule has 1 spiro atoms. The molecule has 3 unspecified atom stereocenters. The van der Waals surface area contributed by atoms with E-state index in [-0.39, 0.29) is 35.4 Å². The molecule has 1 aliphatic carbocycles. The van der Waals surface area contributed by atoms with Gasteiger partial charge in [-0.1, -0.05) is 25.5 Å². The summed E-state index contributed by atoms with van der Waals surface area (Å²) in [7, 11) is 0. The highest BCUT2D eigenvalue weighted by Gasteiger charge is 2.68. The van der Waals surface area contributed by atoms with Gasteiger partial charge in [0.05, 0.1) is 37.0 Å². The number of aliphatic hydroxyl groups is 1. The molecule has 4 rings (SSSR count). The number of allylic oxidation sites excluding steroid dienone is 1. The van der Waals surface area contributed by atoms with Crippen molar-refractivity contribution in [2.45, 2.75) is 95.7 Å². The minimum atomic E-state index is -0.782. The van der Waals surface area contributed by atoms with Crippen LogP contribution in [0, 0.1) is 5.92 Å². The Labute approximate surface area is 193 Å². The average Bonchev–Trinajstić information content (AvgIpc) is 3.64. The summed E-state index contributed by atoms with van der Waals surface area (Å²) in [5.74, 6) is 0.250. The summed E-state index contributed by atoms with van der Waals surface area (Å²) < 4.78 is 18.0. The monoisotopic (exact) mass is 450 g/mol. The van der Waals surface area contributed by atoms with Gasteiger partial charge in [-0.15, -0.1) is 0 Å². The largest absolute Gasteiger partial charge is 0.446 e. The Morgan fingerprint density at radius 2 is 1.97 bits per heavy atom. The first-order chi connectivity index (χ1) is 15.1. The van der Waals surface area contributed by atoms with E-state index < -0.39 is 5.60 Å². The molecule has 1 amide bonds. The van der Waals surface area contributed by atoms with Crippen molar-refractivity contribution in [3.8, 4) is 0 Å². The highest BCUT2D eigenvalue weighted by atomic mass is 16.6. The molecular formula is C25H42N2O5. The second kappa shape index (κ2) is 8.90. The minimum absolute atomic E-state index is 0.0845. The average molecular weight is 451 g/mol.